The van der Waals surface area contributed by atoms with Crippen molar-refractivity contribution < 1.29 is 5.11 Å². The van der Waals surface area contributed by atoms with E-state index in [0.717, 1.165) is 25.7 Å². The van der Waals surface area contributed by atoms with E-state index in [1.54, 1.807) is 0 Å². The molecule has 0 amide bonds. The summed E-state index contributed by atoms with van der Waals surface area (Å²) in [4.78, 5) is 0. The lowest BCUT2D eigenvalue weighted by Crippen LogP contribution is -1.89. The summed E-state index contributed by atoms with van der Waals surface area (Å²) in [5, 5.41) is 8.81. The van der Waals surface area contributed by atoms with Crippen molar-refractivity contribution in [1.82, 2.24) is 0 Å². The van der Waals surface area contributed by atoms with E-state index in [-0.39, 0.29) is 6.61 Å². The molecule has 1 nitrogen and oxygen atoms in total. The summed E-state index contributed by atoms with van der Waals surface area (Å²) in [5.74, 6) is 0. The number of aliphatic hydroxyl groups excluding tert-OH is 1. The third-order valence-electron chi connectivity index (χ3n) is 3.11. The normalized spacial score (nSPS) is 11.5. The largest absolute Gasteiger partial charge is 0.396 e. The van der Waals surface area contributed by atoms with E-state index in [9.17, 15) is 0 Å². The fraction of sp³-hybridized carbons (Fsp3) is 0.444. The number of allylic oxidation sites excluding steroid dienone is 3. The van der Waals surface area contributed by atoms with Crippen molar-refractivity contribution in [2.24, 2.45) is 0 Å². The van der Waals surface area contributed by atoms with Crippen LogP contribution >= 0.6 is 0 Å². The van der Waals surface area contributed by atoms with Crippen molar-refractivity contribution >= 4 is 6.08 Å². The first-order chi connectivity index (χ1) is 9.11. The summed E-state index contributed by atoms with van der Waals surface area (Å²) in [6.45, 7) is 6.75. The summed E-state index contributed by atoms with van der Waals surface area (Å²) in [7, 11) is 0. The molecule has 0 bridgehead atoms. The zero-order valence-electron chi connectivity index (χ0n) is 12.4. The minimum absolute atomic E-state index is 0.269. The van der Waals surface area contributed by atoms with Gasteiger partial charge in [-0.2, -0.15) is 0 Å². The first kappa shape index (κ1) is 15.7. The molecule has 1 aromatic rings. The second-order valence-corrected chi connectivity index (χ2v) is 5.38. The lowest BCUT2D eigenvalue weighted by molar-refractivity contribution is 0.288. The maximum Gasteiger partial charge on any atom is 0.0434 e. The summed E-state index contributed by atoms with van der Waals surface area (Å²) >= 11 is 0. The Kier molecular flexibility index (Phi) is 7.20. The second kappa shape index (κ2) is 8.71. The Morgan fingerprint density at radius 3 is 2.37 bits per heavy atom. The molecule has 1 N–H and O–H groups in total. The minimum Gasteiger partial charge on any atom is -0.396 e. The number of benzene rings is 1. The van der Waals surface area contributed by atoms with Crippen molar-refractivity contribution in [2.45, 2.75) is 46.5 Å². The summed E-state index contributed by atoms with van der Waals surface area (Å²) < 4.78 is 0. The summed E-state index contributed by atoms with van der Waals surface area (Å²) in [6.07, 6.45) is 8.59. The SMILES string of the molecule is CC(C)=CCCC(C)=Cc1ccc(CCCO)cc1. The van der Waals surface area contributed by atoms with Crippen LogP contribution in [0.3, 0.4) is 0 Å². The number of rotatable bonds is 7. The van der Waals surface area contributed by atoms with Gasteiger partial charge < -0.3 is 5.11 Å². The highest BCUT2D eigenvalue weighted by molar-refractivity contribution is 5.52. The van der Waals surface area contributed by atoms with Crippen molar-refractivity contribution in [1.29, 1.82) is 0 Å². The molecule has 1 aromatic carbocycles. The molecule has 19 heavy (non-hydrogen) atoms. The minimum atomic E-state index is 0.269. The molecule has 1 heteroatoms. The number of hydrogen-bond acceptors (Lipinski definition) is 1. The highest BCUT2D eigenvalue weighted by atomic mass is 16.2. The third kappa shape index (κ3) is 6.97. The van der Waals surface area contributed by atoms with Gasteiger partial charge in [-0.1, -0.05) is 47.6 Å². The van der Waals surface area contributed by atoms with Crippen LogP contribution < -0.4 is 0 Å². The van der Waals surface area contributed by atoms with E-state index in [1.807, 2.05) is 0 Å². The molecule has 0 atom stereocenters. The predicted octanol–water partition coefficient (Wildman–Crippen LogP) is 4.76. The van der Waals surface area contributed by atoms with Gasteiger partial charge in [-0.15, -0.1) is 0 Å². The van der Waals surface area contributed by atoms with Gasteiger partial charge in [0.2, 0.25) is 0 Å². The maximum absolute atomic E-state index is 8.81. The van der Waals surface area contributed by atoms with Crippen LogP contribution in [-0.2, 0) is 6.42 Å². The lowest BCUT2D eigenvalue weighted by Gasteiger charge is -2.02. The molecule has 0 unspecified atom stereocenters. The van der Waals surface area contributed by atoms with E-state index in [1.165, 1.54) is 22.3 Å². The molecule has 0 heterocycles. The zero-order chi connectivity index (χ0) is 14.1. The molecule has 104 valence electrons. The Balaban J connectivity index is 2.53. The Morgan fingerprint density at radius 2 is 1.79 bits per heavy atom. The van der Waals surface area contributed by atoms with Crippen LogP contribution in [0.15, 0.2) is 41.5 Å². The molecule has 0 fully saturated rings. The molecule has 0 saturated heterocycles. The molecule has 0 spiro atoms. The van der Waals surface area contributed by atoms with Crippen molar-refractivity contribution in [3.63, 3.8) is 0 Å². The first-order valence-corrected chi connectivity index (χ1v) is 7.12. The van der Waals surface area contributed by atoms with Crippen LogP contribution in [0.4, 0.5) is 0 Å². The monoisotopic (exact) mass is 258 g/mol. The standard InChI is InChI=1S/C18H26O/c1-15(2)6-4-7-16(3)14-18-11-9-17(10-12-18)8-5-13-19/h6,9-12,14,19H,4-5,7-8,13H2,1-3H3. The molecule has 0 aromatic heterocycles. The zero-order valence-corrected chi connectivity index (χ0v) is 12.4. The van der Waals surface area contributed by atoms with E-state index in [4.69, 9.17) is 5.11 Å². The quantitative estimate of drug-likeness (QED) is 0.699. The summed E-state index contributed by atoms with van der Waals surface area (Å²) in [5.41, 5.74) is 5.37. The Morgan fingerprint density at radius 1 is 1.11 bits per heavy atom. The lowest BCUT2D eigenvalue weighted by atomic mass is 10.0. The van der Waals surface area contributed by atoms with E-state index in [0.29, 0.717) is 0 Å². The smallest absolute Gasteiger partial charge is 0.0434 e. The van der Waals surface area contributed by atoms with E-state index < -0.39 is 0 Å². The maximum atomic E-state index is 8.81. The Labute approximate surface area is 117 Å². The van der Waals surface area contributed by atoms with Crippen molar-refractivity contribution in [3.8, 4) is 0 Å². The average Bonchev–Trinajstić information content (AvgIpc) is 2.37. The molecule has 0 aliphatic heterocycles. The van der Waals surface area contributed by atoms with Crippen LogP contribution in [-0.4, -0.2) is 11.7 Å². The van der Waals surface area contributed by atoms with Gasteiger partial charge in [-0.3, -0.25) is 0 Å². The molecule has 1 rings (SSSR count). The molecular formula is C18H26O. The van der Waals surface area contributed by atoms with Gasteiger partial charge in [0.25, 0.3) is 0 Å². The van der Waals surface area contributed by atoms with E-state index in [2.05, 4.69) is 57.2 Å². The van der Waals surface area contributed by atoms with Crippen LogP contribution in [0.2, 0.25) is 0 Å². The van der Waals surface area contributed by atoms with Gasteiger partial charge in [-0.25, -0.2) is 0 Å². The van der Waals surface area contributed by atoms with Crippen molar-refractivity contribution in [3.05, 3.63) is 52.6 Å². The fourth-order valence-electron chi connectivity index (χ4n) is 2.01. The van der Waals surface area contributed by atoms with Gasteiger partial charge in [0, 0.05) is 6.61 Å². The third-order valence-corrected chi connectivity index (χ3v) is 3.11. The van der Waals surface area contributed by atoms with Gasteiger partial charge in [-0.05, 0) is 57.6 Å². The molecular weight excluding hydrogens is 232 g/mol. The second-order valence-electron chi connectivity index (χ2n) is 5.38. The number of aliphatic hydroxyl groups is 1. The highest BCUT2D eigenvalue weighted by Gasteiger charge is 1.95. The highest BCUT2D eigenvalue weighted by Crippen LogP contribution is 2.14. The molecule has 0 aliphatic carbocycles. The van der Waals surface area contributed by atoms with E-state index >= 15 is 0 Å². The topological polar surface area (TPSA) is 20.2 Å². The average molecular weight is 258 g/mol. The van der Waals surface area contributed by atoms with Gasteiger partial charge >= 0.3 is 0 Å². The van der Waals surface area contributed by atoms with Gasteiger partial charge in [0.05, 0.1) is 0 Å². The number of hydrogen-bond donors (Lipinski definition) is 1. The first-order valence-electron chi connectivity index (χ1n) is 7.12. The Hall–Kier alpha value is -1.34. The Bertz CT molecular complexity index is 420. The van der Waals surface area contributed by atoms with Gasteiger partial charge in [0.15, 0.2) is 0 Å². The van der Waals surface area contributed by atoms with Crippen LogP contribution in [0.1, 0.15) is 51.2 Å². The van der Waals surface area contributed by atoms with Gasteiger partial charge in [0.1, 0.15) is 0 Å². The summed E-state index contributed by atoms with van der Waals surface area (Å²) in [6, 6.07) is 8.64. The van der Waals surface area contributed by atoms with Crippen LogP contribution in [0.25, 0.3) is 6.08 Å². The number of aryl methyl sites for hydroxylation is 1. The van der Waals surface area contributed by atoms with Crippen molar-refractivity contribution in [2.75, 3.05) is 6.61 Å². The molecule has 0 radical (unpaired) electrons. The molecule has 0 aliphatic rings. The molecule has 0 saturated carbocycles. The fourth-order valence-corrected chi connectivity index (χ4v) is 2.01. The van der Waals surface area contributed by atoms with Crippen LogP contribution in [0, 0.1) is 0 Å². The predicted molar refractivity (Wildman–Crippen MR) is 84.2 cm³/mol. The van der Waals surface area contributed by atoms with Crippen LogP contribution in [0.5, 0.6) is 0 Å².